The minimum absolute atomic E-state index is 0.356. The van der Waals surface area contributed by atoms with E-state index >= 15 is 0 Å². The van der Waals surface area contributed by atoms with E-state index in [1.54, 1.807) is 0 Å². The second-order valence-corrected chi connectivity index (χ2v) is 5.87. The van der Waals surface area contributed by atoms with Crippen LogP contribution in [0, 0.1) is 0 Å². The highest BCUT2D eigenvalue weighted by Gasteiger charge is 2.23. The molecule has 2 unspecified atom stereocenters. The normalized spacial score (nSPS) is 28.5. The molecule has 0 spiro atoms. The molecule has 0 aromatic heterocycles. The molecule has 1 aromatic rings. The SMILES string of the molecule is CN1CCCC(Oc2ccccc2C2CCNC2)C1. The molecule has 0 amide bonds. The highest BCUT2D eigenvalue weighted by Crippen LogP contribution is 2.31. The highest BCUT2D eigenvalue weighted by molar-refractivity contribution is 5.37. The smallest absolute Gasteiger partial charge is 0.123 e. The van der Waals surface area contributed by atoms with Gasteiger partial charge in [-0.1, -0.05) is 18.2 Å². The van der Waals surface area contributed by atoms with Gasteiger partial charge in [-0.25, -0.2) is 0 Å². The molecular weight excluding hydrogens is 236 g/mol. The van der Waals surface area contributed by atoms with Crippen LogP contribution in [0.5, 0.6) is 5.75 Å². The van der Waals surface area contributed by atoms with Crippen molar-refractivity contribution < 1.29 is 4.74 Å². The average Bonchev–Trinajstić information content (AvgIpc) is 2.93. The lowest BCUT2D eigenvalue weighted by Gasteiger charge is -2.31. The number of nitrogens with zero attached hydrogens (tertiary/aromatic N) is 1. The fourth-order valence-electron chi connectivity index (χ4n) is 3.24. The molecule has 0 bridgehead atoms. The zero-order valence-electron chi connectivity index (χ0n) is 11.8. The Morgan fingerprint density at radius 2 is 2.16 bits per heavy atom. The second-order valence-electron chi connectivity index (χ2n) is 5.87. The molecular formula is C16H24N2O. The predicted octanol–water partition coefficient (Wildman–Crippen LogP) is 2.24. The van der Waals surface area contributed by atoms with Gasteiger partial charge in [0.25, 0.3) is 0 Å². The molecule has 2 aliphatic heterocycles. The van der Waals surface area contributed by atoms with E-state index in [1.165, 1.54) is 31.4 Å². The number of likely N-dealkylation sites (N-methyl/N-ethyl adjacent to an activating group) is 1. The average molecular weight is 260 g/mol. The minimum atomic E-state index is 0.356. The summed E-state index contributed by atoms with van der Waals surface area (Å²) < 4.78 is 6.30. The van der Waals surface area contributed by atoms with Crippen molar-refractivity contribution in [3.05, 3.63) is 29.8 Å². The Morgan fingerprint density at radius 1 is 1.26 bits per heavy atom. The van der Waals surface area contributed by atoms with Crippen molar-refractivity contribution in [3.63, 3.8) is 0 Å². The van der Waals surface area contributed by atoms with Crippen molar-refractivity contribution in [3.8, 4) is 5.75 Å². The van der Waals surface area contributed by atoms with E-state index in [2.05, 4.69) is 41.5 Å². The Hall–Kier alpha value is -1.06. The van der Waals surface area contributed by atoms with Gasteiger partial charge < -0.3 is 15.0 Å². The van der Waals surface area contributed by atoms with Gasteiger partial charge in [-0.2, -0.15) is 0 Å². The Kier molecular flexibility index (Phi) is 4.04. The molecule has 0 saturated carbocycles. The van der Waals surface area contributed by atoms with Crippen LogP contribution in [0.1, 0.15) is 30.7 Å². The third-order valence-corrected chi connectivity index (χ3v) is 4.29. The zero-order chi connectivity index (χ0) is 13.1. The molecule has 3 nitrogen and oxygen atoms in total. The maximum absolute atomic E-state index is 6.30. The number of rotatable bonds is 3. The first-order valence-electron chi connectivity index (χ1n) is 7.48. The fourth-order valence-corrected chi connectivity index (χ4v) is 3.24. The molecule has 3 rings (SSSR count). The standard InChI is InChI=1S/C16H24N2O/c1-18-10-4-5-14(12-18)19-16-7-3-2-6-15(16)13-8-9-17-11-13/h2-3,6-7,13-14,17H,4-5,8-12H2,1H3. The quantitative estimate of drug-likeness (QED) is 0.902. The number of piperidine rings is 1. The molecule has 2 aliphatic rings. The van der Waals surface area contributed by atoms with Gasteiger partial charge in [-0.3, -0.25) is 0 Å². The Bertz CT molecular complexity index is 415. The van der Waals surface area contributed by atoms with Crippen molar-refractivity contribution in [1.82, 2.24) is 10.2 Å². The summed E-state index contributed by atoms with van der Waals surface area (Å²) in [6.07, 6.45) is 4.01. The summed E-state index contributed by atoms with van der Waals surface area (Å²) in [4.78, 5) is 2.37. The van der Waals surface area contributed by atoms with Crippen molar-refractivity contribution in [2.45, 2.75) is 31.3 Å². The molecule has 19 heavy (non-hydrogen) atoms. The van der Waals surface area contributed by atoms with E-state index in [4.69, 9.17) is 4.74 Å². The molecule has 2 atom stereocenters. The zero-order valence-corrected chi connectivity index (χ0v) is 11.8. The summed E-state index contributed by atoms with van der Waals surface area (Å²) in [6, 6.07) is 8.60. The summed E-state index contributed by atoms with van der Waals surface area (Å²) in [5.41, 5.74) is 1.39. The molecule has 2 saturated heterocycles. The first kappa shape index (κ1) is 12.9. The van der Waals surface area contributed by atoms with Crippen LogP contribution in [0.4, 0.5) is 0 Å². The lowest BCUT2D eigenvalue weighted by molar-refractivity contribution is 0.103. The van der Waals surface area contributed by atoms with Crippen molar-refractivity contribution in [2.75, 3.05) is 33.2 Å². The predicted molar refractivity (Wildman–Crippen MR) is 77.8 cm³/mol. The van der Waals surface area contributed by atoms with E-state index in [0.29, 0.717) is 12.0 Å². The molecule has 2 fully saturated rings. The van der Waals surface area contributed by atoms with Gasteiger partial charge in [-0.15, -0.1) is 0 Å². The van der Waals surface area contributed by atoms with Crippen LogP contribution in [0.3, 0.4) is 0 Å². The van der Waals surface area contributed by atoms with Crippen LogP contribution in [0.25, 0.3) is 0 Å². The van der Waals surface area contributed by atoms with Crippen LogP contribution >= 0.6 is 0 Å². The van der Waals surface area contributed by atoms with Crippen LogP contribution < -0.4 is 10.1 Å². The maximum Gasteiger partial charge on any atom is 0.123 e. The summed E-state index contributed by atoms with van der Waals surface area (Å²) >= 11 is 0. The van der Waals surface area contributed by atoms with Crippen LogP contribution in [0.15, 0.2) is 24.3 Å². The van der Waals surface area contributed by atoms with Gasteiger partial charge in [0.15, 0.2) is 0 Å². The molecule has 104 valence electrons. The van der Waals surface area contributed by atoms with E-state index in [9.17, 15) is 0 Å². The van der Waals surface area contributed by atoms with E-state index in [1.807, 2.05) is 0 Å². The van der Waals surface area contributed by atoms with Crippen molar-refractivity contribution in [2.24, 2.45) is 0 Å². The second kappa shape index (κ2) is 5.93. The summed E-state index contributed by atoms with van der Waals surface area (Å²) in [7, 11) is 2.18. The molecule has 2 heterocycles. The van der Waals surface area contributed by atoms with Gasteiger partial charge in [-0.05, 0) is 51.0 Å². The lowest BCUT2D eigenvalue weighted by atomic mass is 9.97. The summed E-state index contributed by atoms with van der Waals surface area (Å²) in [6.45, 7) is 4.47. The third-order valence-electron chi connectivity index (χ3n) is 4.29. The Labute approximate surface area is 115 Å². The molecule has 0 radical (unpaired) electrons. The highest BCUT2D eigenvalue weighted by atomic mass is 16.5. The monoisotopic (exact) mass is 260 g/mol. The molecule has 3 heteroatoms. The van der Waals surface area contributed by atoms with E-state index in [0.717, 1.165) is 25.4 Å². The van der Waals surface area contributed by atoms with Crippen LogP contribution in [-0.2, 0) is 0 Å². The number of hydrogen-bond donors (Lipinski definition) is 1. The van der Waals surface area contributed by atoms with E-state index < -0.39 is 0 Å². The van der Waals surface area contributed by atoms with Crippen molar-refractivity contribution in [1.29, 1.82) is 0 Å². The molecule has 1 N–H and O–H groups in total. The van der Waals surface area contributed by atoms with Gasteiger partial charge >= 0.3 is 0 Å². The van der Waals surface area contributed by atoms with Gasteiger partial charge in [0.2, 0.25) is 0 Å². The van der Waals surface area contributed by atoms with Gasteiger partial charge in [0, 0.05) is 19.0 Å². The number of hydrogen-bond acceptors (Lipinski definition) is 3. The van der Waals surface area contributed by atoms with Crippen LogP contribution in [-0.4, -0.2) is 44.2 Å². The summed E-state index contributed by atoms with van der Waals surface area (Å²) in [5, 5.41) is 3.44. The number of nitrogens with one attached hydrogen (secondary N) is 1. The Balaban J connectivity index is 1.72. The lowest BCUT2D eigenvalue weighted by Crippen LogP contribution is -2.38. The molecule has 0 aliphatic carbocycles. The maximum atomic E-state index is 6.30. The summed E-state index contributed by atoms with van der Waals surface area (Å²) in [5.74, 6) is 1.73. The Morgan fingerprint density at radius 3 is 2.95 bits per heavy atom. The van der Waals surface area contributed by atoms with Gasteiger partial charge in [0.1, 0.15) is 11.9 Å². The number of ether oxygens (including phenoxy) is 1. The van der Waals surface area contributed by atoms with Gasteiger partial charge in [0.05, 0.1) is 0 Å². The number of benzene rings is 1. The van der Waals surface area contributed by atoms with Crippen LogP contribution in [0.2, 0.25) is 0 Å². The number of para-hydroxylation sites is 1. The first-order chi connectivity index (χ1) is 9.33. The topological polar surface area (TPSA) is 24.5 Å². The van der Waals surface area contributed by atoms with Crippen molar-refractivity contribution >= 4 is 0 Å². The fraction of sp³-hybridized carbons (Fsp3) is 0.625. The largest absolute Gasteiger partial charge is 0.489 e. The number of likely N-dealkylation sites (tertiary alicyclic amines) is 1. The minimum Gasteiger partial charge on any atom is -0.489 e. The molecule has 1 aromatic carbocycles. The third kappa shape index (κ3) is 3.10. The first-order valence-corrected chi connectivity index (χ1v) is 7.48. The van der Waals surface area contributed by atoms with E-state index in [-0.39, 0.29) is 0 Å².